The molecule has 7 nitrogen and oxygen atoms in total. The van der Waals surface area contributed by atoms with Crippen molar-refractivity contribution >= 4 is 12.2 Å². The largest absolute Gasteiger partial charge is 0.444 e. The van der Waals surface area contributed by atoms with Crippen molar-refractivity contribution < 1.29 is 23.9 Å². The molecule has 25 heavy (non-hydrogen) atoms. The predicted octanol–water partition coefficient (Wildman–Crippen LogP) is 3.20. The van der Waals surface area contributed by atoms with Gasteiger partial charge in [0.15, 0.2) is 0 Å². The van der Waals surface area contributed by atoms with Gasteiger partial charge in [0.05, 0.1) is 25.7 Å². The van der Waals surface area contributed by atoms with E-state index in [1.54, 1.807) is 4.90 Å². The van der Waals surface area contributed by atoms with Gasteiger partial charge in [-0.1, -0.05) is 30.3 Å². The van der Waals surface area contributed by atoms with E-state index in [1.165, 1.54) is 0 Å². The number of hydroxylamine groups is 2. The number of rotatable bonds is 2. The molecule has 1 atom stereocenters. The Hall–Kier alpha value is -2.28. The van der Waals surface area contributed by atoms with E-state index < -0.39 is 17.8 Å². The van der Waals surface area contributed by atoms with Gasteiger partial charge in [-0.15, -0.1) is 0 Å². The van der Waals surface area contributed by atoms with E-state index in [1.807, 2.05) is 58.0 Å². The van der Waals surface area contributed by atoms with Gasteiger partial charge in [0.1, 0.15) is 12.2 Å². The van der Waals surface area contributed by atoms with E-state index in [2.05, 4.69) is 0 Å². The van der Waals surface area contributed by atoms with Crippen molar-refractivity contribution in [2.24, 2.45) is 0 Å². The van der Waals surface area contributed by atoms with Crippen molar-refractivity contribution in [3.63, 3.8) is 0 Å². The third kappa shape index (κ3) is 5.94. The van der Waals surface area contributed by atoms with Gasteiger partial charge in [0, 0.05) is 0 Å². The quantitative estimate of drug-likeness (QED) is 0.819. The minimum absolute atomic E-state index is 0.170. The molecule has 1 aromatic rings. The van der Waals surface area contributed by atoms with Crippen molar-refractivity contribution in [2.45, 2.75) is 45.9 Å². The number of carbonyl (C=O) groups is 2. The Morgan fingerprint density at radius 3 is 2.52 bits per heavy atom. The second-order valence-corrected chi connectivity index (χ2v) is 6.96. The molecule has 0 N–H and O–H groups in total. The average Bonchev–Trinajstić information content (AvgIpc) is 2.73. The molecule has 1 aromatic carbocycles. The number of hydrogen-bond donors (Lipinski definition) is 0. The molecule has 0 spiro atoms. The first kappa shape index (κ1) is 19.1. The van der Waals surface area contributed by atoms with E-state index in [-0.39, 0.29) is 25.8 Å². The highest BCUT2D eigenvalue weighted by atomic mass is 16.7. The maximum absolute atomic E-state index is 12.3. The van der Waals surface area contributed by atoms with Crippen molar-refractivity contribution in [3.8, 4) is 0 Å². The van der Waals surface area contributed by atoms with E-state index in [4.69, 9.17) is 14.3 Å². The van der Waals surface area contributed by atoms with Crippen LogP contribution in [-0.4, -0.2) is 53.5 Å². The summed E-state index contributed by atoms with van der Waals surface area (Å²) in [5, 5.41) is 1.16. The minimum Gasteiger partial charge on any atom is -0.444 e. The Morgan fingerprint density at radius 2 is 1.88 bits per heavy atom. The highest BCUT2D eigenvalue weighted by molar-refractivity contribution is 5.69. The maximum atomic E-state index is 12.3. The standard InChI is InChI=1S/C18H26N2O5/c1-14-12-20(17(22)23-13-15-8-6-5-7-9-15)24-11-10-19(14)16(21)25-18(2,3)4/h5-9,14H,10-13H2,1-4H3. The zero-order chi connectivity index (χ0) is 18.4. The van der Waals surface area contributed by atoms with Crippen LogP contribution in [0.3, 0.4) is 0 Å². The molecular weight excluding hydrogens is 324 g/mol. The normalized spacial score (nSPS) is 18.5. The Balaban J connectivity index is 1.90. The Bertz CT molecular complexity index is 585. The van der Waals surface area contributed by atoms with Crippen LogP contribution >= 0.6 is 0 Å². The smallest absolute Gasteiger partial charge is 0.434 e. The first-order chi connectivity index (χ1) is 11.8. The fourth-order valence-electron chi connectivity index (χ4n) is 2.37. The summed E-state index contributed by atoms with van der Waals surface area (Å²) >= 11 is 0. The van der Waals surface area contributed by atoms with E-state index in [9.17, 15) is 9.59 Å². The molecule has 0 radical (unpaired) electrons. The molecule has 1 aliphatic rings. The zero-order valence-corrected chi connectivity index (χ0v) is 15.2. The number of hydrogen-bond acceptors (Lipinski definition) is 5. The second kappa shape index (κ2) is 8.20. The van der Waals surface area contributed by atoms with Crippen molar-refractivity contribution in [2.75, 3.05) is 19.7 Å². The van der Waals surface area contributed by atoms with Gasteiger partial charge in [-0.05, 0) is 33.3 Å². The first-order valence-electron chi connectivity index (χ1n) is 8.37. The van der Waals surface area contributed by atoms with E-state index in [0.29, 0.717) is 6.54 Å². The van der Waals surface area contributed by atoms with Crippen LogP contribution in [0.2, 0.25) is 0 Å². The van der Waals surface area contributed by atoms with Crippen molar-refractivity contribution in [1.29, 1.82) is 0 Å². The summed E-state index contributed by atoms with van der Waals surface area (Å²) in [7, 11) is 0. The lowest BCUT2D eigenvalue weighted by molar-refractivity contribution is -0.129. The number of nitrogens with zero attached hydrogens (tertiary/aromatic N) is 2. The summed E-state index contributed by atoms with van der Waals surface area (Å²) < 4.78 is 10.7. The molecule has 0 saturated carbocycles. The fraction of sp³-hybridized carbons (Fsp3) is 0.556. The minimum atomic E-state index is -0.571. The van der Waals surface area contributed by atoms with Crippen molar-refractivity contribution in [1.82, 2.24) is 9.96 Å². The van der Waals surface area contributed by atoms with Gasteiger partial charge in [-0.25, -0.2) is 9.59 Å². The Kier molecular flexibility index (Phi) is 6.25. The average molecular weight is 350 g/mol. The SMILES string of the molecule is CC1CN(C(=O)OCc2ccccc2)OCCN1C(=O)OC(C)(C)C. The van der Waals surface area contributed by atoms with Crippen LogP contribution in [0.4, 0.5) is 9.59 Å². The van der Waals surface area contributed by atoms with Crippen LogP contribution in [0.1, 0.15) is 33.3 Å². The van der Waals surface area contributed by atoms with Crippen molar-refractivity contribution in [3.05, 3.63) is 35.9 Å². The number of carbonyl (C=O) groups excluding carboxylic acids is 2. The number of benzene rings is 1. The third-order valence-corrected chi connectivity index (χ3v) is 3.58. The Labute approximate surface area is 148 Å². The Morgan fingerprint density at radius 1 is 1.20 bits per heavy atom. The summed E-state index contributed by atoms with van der Waals surface area (Å²) in [6, 6.07) is 9.17. The fourth-order valence-corrected chi connectivity index (χ4v) is 2.37. The number of ether oxygens (including phenoxy) is 2. The molecule has 1 fully saturated rings. The predicted molar refractivity (Wildman–Crippen MR) is 91.7 cm³/mol. The first-order valence-corrected chi connectivity index (χ1v) is 8.37. The molecule has 1 heterocycles. The molecule has 2 amide bonds. The van der Waals surface area contributed by atoms with Gasteiger partial charge >= 0.3 is 12.2 Å². The summed E-state index contributed by atoms with van der Waals surface area (Å²) in [6.45, 7) is 8.22. The number of amides is 2. The lowest BCUT2D eigenvalue weighted by Gasteiger charge is -2.30. The molecule has 1 unspecified atom stereocenters. The van der Waals surface area contributed by atoms with Crippen LogP contribution in [0.15, 0.2) is 30.3 Å². The monoisotopic (exact) mass is 350 g/mol. The lowest BCUT2D eigenvalue weighted by Crippen LogP contribution is -2.45. The highest BCUT2D eigenvalue weighted by Gasteiger charge is 2.32. The third-order valence-electron chi connectivity index (χ3n) is 3.58. The van der Waals surface area contributed by atoms with Gasteiger partial charge < -0.3 is 14.4 Å². The molecule has 0 aromatic heterocycles. The van der Waals surface area contributed by atoms with Crippen LogP contribution in [0.25, 0.3) is 0 Å². The van der Waals surface area contributed by atoms with Gasteiger partial charge in [-0.3, -0.25) is 4.84 Å². The van der Waals surface area contributed by atoms with E-state index >= 15 is 0 Å². The molecule has 1 aliphatic heterocycles. The topological polar surface area (TPSA) is 68.3 Å². The van der Waals surface area contributed by atoms with Gasteiger partial charge in [0.25, 0.3) is 0 Å². The molecule has 1 saturated heterocycles. The molecule has 138 valence electrons. The second-order valence-electron chi connectivity index (χ2n) is 6.96. The van der Waals surface area contributed by atoms with Crippen LogP contribution in [0, 0.1) is 0 Å². The summed E-state index contributed by atoms with van der Waals surface area (Å²) in [4.78, 5) is 31.5. The van der Waals surface area contributed by atoms with E-state index in [0.717, 1.165) is 10.6 Å². The lowest BCUT2D eigenvalue weighted by atomic mass is 10.2. The zero-order valence-electron chi connectivity index (χ0n) is 15.2. The summed E-state index contributed by atoms with van der Waals surface area (Å²) in [5.41, 5.74) is 0.326. The van der Waals surface area contributed by atoms with Gasteiger partial charge in [-0.2, -0.15) is 5.06 Å². The highest BCUT2D eigenvalue weighted by Crippen LogP contribution is 2.15. The molecule has 2 rings (SSSR count). The van der Waals surface area contributed by atoms with Crippen LogP contribution in [0.5, 0.6) is 0 Å². The molecule has 7 heteroatoms. The maximum Gasteiger partial charge on any atom is 0.434 e. The molecule has 0 bridgehead atoms. The van der Waals surface area contributed by atoms with Gasteiger partial charge in [0.2, 0.25) is 0 Å². The van der Waals surface area contributed by atoms with Crippen LogP contribution < -0.4 is 0 Å². The van der Waals surface area contributed by atoms with Crippen LogP contribution in [-0.2, 0) is 20.9 Å². The molecule has 0 aliphatic carbocycles. The summed E-state index contributed by atoms with van der Waals surface area (Å²) in [5.74, 6) is 0. The summed E-state index contributed by atoms with van der Waals surface area (Å²) in [6.07, 6.45) is -0.982. The molecular formula is C18H26N2O5.